The first-order chi connectivity index (χ1) is 13.0. The highest BCUT2D eigenvalue weighted by Crippen LogP contribution is 2.32. The van der Waals surface area contributed by atoms with Gasteiger partial charge in [0, 0.05) is 12.2 Å². The predicted octanol–water partition coefficient (Wildman–Crippen LogP) is 1.00. The zero-order valence-corrected chi connectivity index (χ0v) is 15.5. The van der Waals surface area contributed by atoms with Gasteiger partial charge in [-0.2, -0.15) is 4.98 Å². The Labute approximate surface area is 158 Å². The van der Waals surface area contributed by atoms with Gasteiger partial charge in [-0.25, -0.2) is 9.59 Å². The second-order valence-electron chi connectivity index (χ2n) is 5.59. The van der Waals surface area contributed by atoms with Crippen molar-refractivity contribution in [3.05, 3.63) is 45.5 Å². The molecule has 1 aromatic carbocycles. The number of H-pyrrole nitrogens is 1. The van der Waals surface area contributed by atoms with E-state index in [4.69, 9.17) is 14.2 Å². The number of hydrogen-bond acceptors (Lipinski definition) is 8. The third-order valence-electron chi connectivity index (χ3n) is 3.74. The maximum atomic E-state index is 12.1. The molecule has 2 aromatic rings. The van der Waals surface area contributed by atoms with E-state index in [1.807, 2.05) is 6.07 Å². The van der Waals surface area contributed by atoms with E-state index in [0.717, 1.165) is 17.3 Å². The Hall–Kier alpha value is -3.01. The second kappa shape index (κ2) is 8.12. The molecule has 10 heteroatoms. The van der Waals surface area contributed by atoms with Gasteiger partial charge in [0.2, 0.25) is 12.7 Å². The van der Waals surface area contributed by atoms with Crippen LogP contribution in [0.2, 0.25) is 0 Å². The lowest BCUT2D eigenvalue weighted by Gasteiger charge is -2.09. The molecule has 0 saturated carbocycles. The fraction of sp³-hybridized carbons (Fsp3) is 0.294. The van der Waals surface area contributed by atoms with E-state index in [-0.39, 0.29) is 29.0 Å². The molecule has 0 aliphatic carbocycles. The van der Waals surface area contributed by atoms with Crippen molar-refractivity contribution < 1.29 is 23.8 Å². The number of rotatable bonds is 6. The summed E-state index contributed by atoms with van der Waals surface area (Å²) in [6.45, 7) is 2.06. The van der Waals surface area contributed by atoms with Crippen LogP contribution in [0, 0.1) is 6.92 Å². The van der Waals surface area contributed by atoms with Crippen LogP contribution >= 0.6 is 11.8 Å². The van der Waals surface area contributed by atoms with Gasteiger partial charge < -0.3 is 24.5 Å². The minimum Gasteiger partial charge on any atom is -0.465 e. The van der Waals surface area contributed by atoms with Crippen LogP contribution < -0.4 is 20.5 Å². The lowest BCUT2D eigenvalue weighted by molar-refractivity contribution is -0.118. The average Bonchev–Trinajstić information content (AvgIpc) is 3.11. The summed E-state index contributed by atoms with van der Waals surface area (Å²) < 4.78 is 15.2. The van der Waals surface area contributed by atoms with Crippen molar-refractivity contribution >= 4 is 23.6 Å². The molecule has 9 nitrogen and oxygen atoms in total. The molecule has 1 aromatic heterocycles. The smallest absolute Gasteiger partial charge is 0.346 e. The van der Waals surface area contributed by atoms with E-state index in [9.17, 15) is 14.4 Å². The summed E-state index contributed by atoms with van der Waals surface area (Å²) in [6.07, 6.45) is 0. The van der Waals surface area contributed by atoms with Crippen molar-refractivity contribution in [1.29, 1.82) is 0 Å². The van der Waals surface area contributed by atoms with Crippen molar-refractivity contribution in [3.8, 4) is 11.5 Å². The van der Waals surface area contributed by atoms with Crippen LogP contribution in [0.4, 0.5) is 0 Å². The number of benzene rings is 1. The van der Waals surface area contributed by atoms with E-state index in [2.05, 4.69) is 15.3 Å². The third kappa shape index (κ3) is 4.40. The number of aryl methyl sites for hydroxylation is 1. The number of esters is 1. The number of nitrogens with zero attached hydrogens (tertiary/aromatic N) is 1. The Kier molecular flexibility index (Phi) is 5.65. The summed E-state index contributed by atoms with van der Waals surface area (Å²) in [5.41, 5.74) is 0.747. The zero-order chi connectivity index (χ0) is 19.4. The molecule has 0 spiro atoms. The van der Waals surface area contributed by atoms with Crippen molar-refractivity contribution in [1.82, 2.24) is 15.3 Å². The van der Waals surface area contributed by atoms with Crippen molar-refractivity contribution in [2.24, 2.45) is 0 Å². The number of aromatic nitrogens is 2. The highest BCUT2D eigenvalue weighted by Gasteiger charge is 2.19. The molecule has 3 rings (SSSR count). The standard InChI is InChI=1S/C17H17N3O6S/c1-9-14(16(22)24-2)15(20-17(23)19-9)27-7-13(21)18-6-10-3-4-11-12(5-10)26-8-25-11/h3-5H,6-8H2,1-2H3,(H,18,21)(H,19,20,23). The number of fused-ring (bicyclic) bond motifs is 1. The molecule has 0 radical (unpaired) electrons. The van der Waals surface area contributed by atoms with Crippen LogP contribution in [0.3, 0.4) is 0 Å². The topological polar surface area (TPSA) is 120 Å². The molecule has 0 saturated heterocycles. The quantitative estimate of drug-likeness (QED) is 0.425. The summed E-state index contributed by atoms with van der Waals surface area (Å²) in [7, 11) is 1.24. The van der Waals surface area contributed by atoms with Gasteiger partial charge in [-0.1, -0.05) is 17.8 Å². The number of methoxy groups -OCH3 is 1. The summed E-state index contributed by atoms with van der Waals surface area (Å²) in [4.78, 5) is 41.8. The van der Waals surface area contributed by atoms with Crippen LogP contribution in [-0.4, -0.2) is 41.5 Å². The highest BCUT2D eigenvalue weighted by atomic mass is 32.2. The van der Waals surface area contributed by atoms with Crippen LogP contribution in [0.5, 0.6) is 11.5 Å². The molecular formula is C17H17N3O6S. The van der Waals surface area contributed by atoms with Crippen molar-refractivity contribution in [2.75, 3.05) is 19.7 Å². The van der Waals surface area contributed by atoms with E-state index < -0.39 is 11.7 Å². The van der Waals surface area contributed by atoms with E-state index in [1.165, 1.54) is 7.11 Å². The number of carbonyl (C=O) groups excluding carboxylic acids is 2. The molecule has 1 aliphatic heterocycles. The summed E-state index contributed by atoms with van der Waals surface area (Å²) in [6, 6.07) is 5.41. The van der Waals surface area contributed by atoms with Gasteiger partial charge in [0.25, 0.3) is 0 Å². The molecule has 2 N–H and O–H groups in total. The molecule has 0 fully saturated rings. The largest absolute Gasteiger partial charge is 0.465 e. The molecule has 0 bridgehead atoms. The number of nitrogens with one attached hydrogen (secondary N) is 2. The van der Waals surface area contributed by atoms with E-state index in [0.29, 0.717) is 23.7 Å². The lowest BCUT2D eigenvalue weighted by Crippen LogP contribution is -2.25. The van der Waals surface area contributed by atoms with Gasteiger partial charge in [-0.15, -0.1) is 0 Å². The Morgan fingerprint density at radius 2 is 2.11 bits per heavy atom. The number of amides is 1. The van der Waals surface area contributed by atoms with Crippen molar-refractivity contribution in [2.45, 2.75) is 18.5 Å². The van der Waals surface area contributed by atoms with Gasteiger partial charge in [0.1, 0.15) is 10.6 Å². The minimum atomic E-state index is -0.625. The van der Waals surface area contributed by atoms with Crippen LogP contribution in [0.1, 0.15) is 21.6 Å². The fourth-order valence-corrected chi connectivity index (χ4v) is 3.34. The van der Waals surface area contributed by atoms with Crippen LogP contribution in [0.15, 0.2) is 28.0 Å². The molecule has 142 valence electrons. The first kappa shape index (κ1) is 18.8. The number of aromatic amines is 1. The Bertz CT molecular complexity index is 943. The SMILES string of the molecule is COC(=O)c1c(SCC(=O)NCc2ccc3c(c2)OCO3)nc(=O)[nH]c1C. The zero-order valence-electron chi connectivity index (χ0n) is 14.7. The fourth-order valence-electron chi connectivity index (χ4n) is 2.44. The molecule has 2 heterocycles. The number of thioether (sulfide) groups is 1. The molecule has 1 amide bonds. The van der Waals surface area contributed by atoms with Gasteiger partial charge in [-0.05, 0) is 24.6 Å². The predicted molar refractivity (Wildman–Crippen MR) is 96.1 cm³/mol. The lowest BCUT2D eigenvalue weighted by atomic mass is 10.2. The van der Waals surface area contributed by atoms with Gasteiger partial charge in [-0.3, -0.25) is 4.79 Å². The molecule has 0 unspecified atom stereocenters. The van der Waals surface area contributed by atoms with Gasteiger partial charge in [0.15, 0.2) is 11.5 Å². The first-order valence-corrected chi connectivity index (χ1v) is 8.93. The molecule has 27 heavy (non-hydrogen) atoms. The summed E-state index contributed by atoms with van der Waals surface area (Å²) >= 11 is 0.994. The monoisotopic (exact) mass is 391 g/mol. The molecular weight excluding hydrogens is 374 g/mol. The normalized spacial score (nSPS) is 11.9. The Morgan fingerprint density at radius 1 is 1.33 bits per heavy atom. The molecule has 0 atom stereocenters. The second-order valence-corrected chi connectivity index (χ2v) is 6.56. The minimum absolute atomic E-state index is 0.00948. The summed E-state index contributed by atoms with van der Waals surface area (Å²) in [5.74, 6) is 0.409. The van der Waals surface area contributed by atoms with E-state index >= 15 is 0 Å². The maximum absolute atomic E-state index is 12.1. The van der Waals surface area contributed by atoms with Crippen molar-refractivity contribution in [3.63, 3.8) is 0 Å². The van der Waals surface area contributed by atoms with Gasteiger partial charge >= 0.3 is 11.7 Å². The number of carbonyl (C=O) groups is 2. The third-order valence-corrected chi connectivity index (χ3v) is 4.72. The first-order valence-electron chi connectivity index (χ1n) is 7.95. The van der Waals surface area contributed by atoms with E-state index in [1.54, 1.807) is 19.1 Å². The number of ether oxygens (including phenoxy) is 3. The molecule has 1 aliphatic rings. The van der Waals surface area contributed by atoms with Gasteiger partial charge in [0.05, 0.1) is 12.9 Å². The number of hydrogen-bond donors (Lipinski definition) is 2. The van der Waals surface area contributed by atoms with Crippen LogP contribution in [0.25, 0.3) is 0 Å². The summed E-state index contributed by atoms with van der Waals surface area (Å²) in [5, 5.41) is 2.92. The maximum Gasteiger partial charge on any atom is 0.346 e. The Balaban J connectivity index is 1.61. The van der Waals surface area contributed by atoms with Crippen LogP contribution in [-0.2, 0) is 16.1 Å². The average molecular weight is 391 g/mol. The highest BCUT2D eigenvalue weighted by molar-refractivity contribution is 8.00. The Morgan fingerprint density at radius 3 is 2.89 bits per heavy atom.